The number of thiophene rings is 1. The highest BCUT2D eigenvalue weighted by molar-refractivity contribution is 7.17. The van der Waals surface area contributed by atoms with Crippen LogP contribution in [0.15, 0.2) is 23.7 Å². The third-order valence-corrected chi connectivity index (χ3v) is 2.95. The van der Waals surface area contributed by atoms with E-state index >= 15 is 0 Å². The summed E-state index contributed by atoms with van der Waals surface area (Å²) in [5, 5.41) is 11.6. The number of aromatic nitrogens is 1. The van der Waals surface area contributed by atoms with Crippen molar-refractivity contribution in [1.29, 1.82) is 0 Å². The average Bonchev–Trinajstić information content (AvgIpc) is 2.63. The molecule has 0 aliphatic carbocycles. The molecule has 3 heteroatoms. The molecule has 0 aromatic carbocycles. The molecule has 1 atom stereocenters. The van der Waals surface area contributed by atoms with Crippen molar-refractivity contribution in [2.45, 2.75) is 19.4 Å². The molecule has 0 saturated carbocycles. The topological polar surface area (TPSA) is 33.1 Å². The van der Waals surface area contributed by atoms with Gasteiger partial charge in [-0.2, -0.15) is 0 Å². The van der Waals surface area contributed by atoms with Crippen LogP contribution in [-0.2, 0) is 0 Å². The molecule has 68 valence electrons. The lowest BCUT2D eigenvalue weighted by Gasteiger charge is -2.06. The van der Waals surface area contributed by atoms with E-state index in [-0.39, 0.29) is 6.10 Å². The molecule has 0 radical (unpaired) electrons. The summed E-state index contributed by atoms with van der Waals surface area (Å²) in [6.45, 7) is 1.96. The Bertz CT molecular complexity index is 410. The van der Waals surface area contributed by atoms with Gasteiger partial charge in [-0.15, -0.1) is 11.3 Å². The smallest absolute Gasteiger partial charge is 0.0809 e. The number of rotatable bonds is 2. The molecule has 0 bridgehead atoms. The first kappa shape index (κ1) is 8.66. The van der Waals surface area contributed by atoms with Crippen molar-refractivity contribution in [3.63, 3.8) is 0 Å². The van der Waals surface area contributed by atoms with Crippen molar-refractivity contribution >= 4 is 21.6 Å². The lowest BCUT2D eigenvalue weighted by molar-refractivity contribution is 0.173. The van der Waals surface area contributed by atoms with Crippen LogP contribution in [0, 0.1) is 0 Å². The number of aliphatic hydroxyl groups excluding tert-OH is 1. The maximum atomic E-state index is 9.59. The Morgan fingerprint density at radius 1 is 1.62 bits per heavy atom. The van der Waals surface area contributed by atoms with Crippen molar-refractivity contribution < 1.29 is 5.11 Å². The largest absolute Gasteiger partial charge is 0.388 e. The average molecular weight is 193 g/mol. The van der Waals surface area contributed by atoms with Gasteiger partial charge < -0.3 is 5.11 Å². The van der Waals surface area contributed by atoms with E-state index in [2.05, 4.69) is 4.98 Å². The summed E-state index contributed by atoms with van der Waals surface area (Å²) < 4.78 is 1.14. The third kappa shape index (κ3) is 1.57. The van der Waals surface area contributed by atoms with Gasteiger partial charge >= 0.3 is 0 Å². The van der Waals surface area contributed by atoms with Crippen LogP contribution in [0.25, 0.3) is 10.2 Å². The van der Waals surface area contributed by atoms with E-state index in [9.17, 15) is 5.11 Å². The van der Waals surface area contributed by atoms with Crippen molar-refractivity contribution in [2.24, 2.45) is 0 Å². The second kappa shape index (κ2) is 3.44. The van der Waals surface area contributed by atoms with Gasteiger partial charge in [-0.25, -0.2) is 0 Å². The fourth-order valence-corrected chi connectivity index (χ4v) is 2.07. The summed E-state index contributed by atoms with van der Waals surface area (Å²) in [7, 11) is 0. The molecular weight excluding hydrogens is 182 g/mol. The van der Waals surface area contributed by atoms with Crippen molar-refractivity contribution in [2.75, 3.05) is 0 Å². The van der Waals surface area contributed by atoms with E-state index < -0.39 is 0 Å². The van der Waals surface area contributed by atoms with Crippen molar-refractivity contribution in [1.82, 2.24) is 4.98 Å². The number of hydrogen-bond donors (Lipinski definition) is 1. The molecule has 0 saturated heterocycles. The molecule has 0 fully saturated rings. The maximum absolute atomic E-state index is 9.59. The minimum Gasteiger partial charge on any atom is -0.388 e. The highest BCUT2D eigenvalue weighted by Crippen LogP contribution is 2.23. The molecule has 1 unspecified atom stereocenters. The first-order valence-electron chi connectivity index (χ1n) is 4.32. The Hall–Kier alpha value is -0.930. The second-order valence-corrected chi connectivity index (χ2v) is 3.94. The molecule has 2 rings (SSSR count). The molecule has 0 aliphatic heterocycles. The van der Waals surface area contributed by atoms with Crippen molar-refractivity contribution in [3.05, 3.63) is 29.3 Å². The monoisotopic (exact) mass is 193 g/mol. The molecular formula is C10H11NOS. The van der Waals surface area contributed by atoms with E-state index in [1.165, 1.54) is 0 Å². The van der Waals surface area contributed by atoms with Crippen LogP contribution in [0.4, 0.5) is 0 Å². The molecule has 1 N–H and O–H groups in total. The summed E-state index contributed by atoms with van der Waals surface area (Å²) in [5.74, 6) is 0. The van der Waals surface area contributed by atoms with Gasteiger partial charge in [0.2, 0.25) is 0 Å². The lowest BCUT2D eigenvalue weighted by atomic mass is 10.1. The zero-order valence-corrected chi connectivity index (χ0v) is 8.21. The van der Waals surface area contributed by atoms with E-state index in [0.29, 0.717) is 0 Å². The fourth-order valence-electron chi connectivity index (χ4n) is 1.28. The molecule has 2 aromatic heterocycles. The third-order valence-electron chi connectivity index (χ3n) is 2.10. The number of fused-ring (bicyclic) bond motifs is 1. The molecule has 2 heterocycles. The number of aliphatic hydroxyl groups is 1. The fraction of sp³-hybridized carbons (Fsp3) is 0.300. The SMILES string of the molecule is CCC(O)c1cnc2ccsc2c1. The Balaban J connectivity index is 2.48. The zero-order valence-electron chi connectivity index (χ0n) is 7.40. The quantitative estimate of drug-likeness (QED) is 0.795. The Kier molecular flexibility index (Phi) is 2.29. The van der Waals surface area contributed by atoms with Crippen molar-refractivity contribution in [3.8, 4) is 0 Å². The van der Waals surface area contributed by atoms with Crippen LogP contribution in [0.5, 0.6) is 0 Å². The summed E-state index contributed by atoms with van der Waals surface area (Å²) in [5.41, 5.74) is 1.93. The van der Waals surface area contributed by atoms with Crippen LogP contribution in [0.1, 0.15) is 25.0 Å². The predicted molar refractivity (Wildman–Crippen MR) is 54.9 cm³/mol. The number of hydrogen-bond acceptors (Lipinski definition) is 3. The lowest BCUT2D eigenvalue weighted by Crippen LogP contribution is -1.95. The van der Waals surface area contributed by atoms with Gasteiger partial charge in [-0.3, -0.25) is 4.98 Å². The first-order valence-corrected chi connectivity index (χ1v) is 5.20. The molecule has 13 heavy (non-hydrogen) atoms. The minimum absolute atomic E-state index is 0.376. The summed E-state index contributed by atoms with van der Waals surface area (Å²) in [4.78, 5) is 4.26. The van der Waals surface area contributed by atoms with E-state index in [0.717, 1.165) is 22.2 Å². The predicted octanol–water partition coefficient (Wildman–Crippen LogP) is 2.74. The van der Waals surface area contributed by atoms with Gasteiger partial charge in [0.25, 0.3) is 0 Å². The van der Waals surface area contributed by atoms with Gasteiger partial charge in [-0.05, 0) is 23.9 Å². The first-order chi connectivity index (χ1) is 6.31. The number of pyridine rings is 1. The minimum atomic E-state index is -0.376. The Morgan fingerprint density at radius 3 is 3.23 bits per heavy atom. The second-order valence-electron chi connectivity index (χ2n) is 3.00. The molecule has 0 amide bonds. The standard InChI is InChI=1S/C10H11NOS/c1-2-9(12)7-5-10-8(11-6-7)3-4-13-10/h3-6,9,12H,2H2,1H3. The Morgan fingerprint density at radius 2 is 2.46 bits per heavy atom. The van der Waals surface area contributed by atoms with E-state index in [1.807, 2.05) is 24.4 Å². The van der Waals surface area contributed by atoms with Gasteiger partial charge in [0.15, 0.2) is 0 Å². The van der Waals surface area contributed by atoms with Crippen LogP contribution >= 0.6 is 11.3 Å². The van der Waals surface area contributed by atoms with Gasteiger partial charge in [0.05, 0.1) is 16.3 Å². The summed E-state index contributed by atoms with van der Waals surface area (Å²) in [6.07, 6.45) is 2.11. The highest BCUT2D eigenvalue weighted by Gasteiger charge is 2.06. The van der Waals surface area contributed by atoms with E-state index in [4.69, 9.17) is 0 Å². The molecule has 0 aliphatic rings. The molecule has 2 nitrogen and oxygen atoms in total. The summed E-state index contributed by atoms with van der Waals surface area (Å²) in [6, 6.07) is 4.00. The van der Waals surface area contributed by atoms with Crippen LogP contribution in [0.3, 0.4) is 0 Å². The molecule has 0 spiro atoms. The van der Waals surface area contributed by atoms with Crippen LogP contribution in [0.2, 0.25) is 0 Å². The van der Waals surface area contributed by atoms with Gasteiger partial charge in [0, 0.05) is 11.8 Å². The van der Waals surface area contributed by atoms with Crippen LogP contribution in [-0.4, -0.2) is 10.1 Å². The Labute approximate surface area is 80.9 Å². The highest BCUT2D eigenvalue weighted by atomic mass is 32.1. The van der Waals surface area contributed by atoms with Gasteiger partial charge in [0.1, 0.15) is 0 Å². The summed E-state index contributed by atoms with van der Waals surface area (Å²) >= 11 is 1.66. The zero-order chi connectivity index (χ0) is 9.26. The normalized spacial score (nSPS) is 13.4. The number of nitrogens with zero attached hydrogens (tertiary/aromatic N) is 1. The van der Waals surface area contributed by atoms with Crippen LogP contribution < -0.4 is 0 Å². The van der Waals surface area contributed by atoms with Gasteiger partial charge in [-0.1, -0.05) is 6.92 Å². The molecule has 2 aromatic rings. The van der Waals surface area contributed by atoms with E-state index in [1.54, 1.807) is 17.5 Å². The maximum Gasteiger partial charge on any atom is 0.0809 e.